The molecule has 0 aliphatic carbocycles. The summed E-state index contributed by atoms with van der Waals surface area (Å²) in [7, 11) is 0. The molecule has 22 heavy (non-hydrogen) atoms. The summed E-state index contributed by atoms with van der Waals surface area (Å²) in [5.41, 5.74) is 2.10. The number of rotatable bonds is 5. The first-order chi connectivity index (χ1) is 10.7. The fourth-order valence-electron chi connectivity index (χ4n) is 3.05. The Morgan fingerprint density at radius 2 is 1.86 bits per heavy atom. The zero-order chi connectivity index (χ0) is 15.4. The highest BCUT2D eigenvalue weighted by Gasteiger charge is 2.19. The molecule has 0 amide bonds. The Kier molecular flexibility index (Phi) is 4.85. The van der Waals surface area contributed by atoms with Crippen molar-refractivity contribution in [3.8, 4) is 11.3 Å². The van der Waals surface area contributed by atoms with E-state index in [0.29, 0.717) is 6.54 Å². The molecule has 0 radical (unpaired) electrons. The third kappa shape index (κ3) is 3.72. The number of likely N-dealkylation sites (tertiary alicyclic amines) is 1. The van der Waals surface area contributed by atoms with E-state index in [1.165, 1.54) is 12.8 Å². The Hall–Kier alpha value is -1.72. The van der Waals surface area contributed by atoms with Crippen LogP contribution in [-0.2, 0) is 6.54 Å². The largest absolute Gasteiger partial charge is 0.390 e. The van der Waals surface area contributed by atoms with Crippen molar-refractivity contribution in [3.05, 3.63) is 36.8 Å². The van der Waals surface area contributed by atoms with Gasteiger partial charge in [-0.25, -0.2) is 0 Å². The van der Waals surface area contributed by atoms with Crippen molar-refractivity contribution in [2.75, 3.05) is 19.6 Å². The normalized spacial score (nSPS) is 18.5. The molecule has 0 aromatic carbocycles. The number of aliphatic hydroxyl groups excluding tert-OH is 1. The molecule has 3 rings (SSSR count). The molecule has 3 heterocycles. The summed E-state index contributed by atoms with van der Waals surface area (Å²) in [4.78, 5) is 6.40. The number of aromatic nitrogens is 3. The number of pyridine rings is 1. The lowest BCUT2D eigenvalue weighted by Crippen LogP contribution is -2.39. The molecule has 1 aliphatic rings. The van der Waals surface area contributed by atoms with Crippen molar-refractivity contribution in [2.45, 2.75) is 32.4 Å². The summed E-state index contributed by atoms with van der Waals surface area (Å²) < 4.78 is 1.88. The lowest BCUT2D eigenvalue weighted by molar-refractivity contribution is 0.0781. The second-order valence-electron chi connectivity index (χ2n) is 6.27. The van der Waals surface area contributed by atoms with Crippen molar-refractivity contribution >= 4 is 0 Å². The number of hydrogen-bond donors (Lipinski definition) is 1. The fraction of sp³-hybridized carbons (Fsp3) is 0.529. The van der Waals surface area contributed by atoms with Crippen molar-refractivity contribution in [1.29, 1.82) is 0 Å². The SMILES string of the molecule is CC1CCN(CC(O)Cn2nccc2-c2ccncc2)CC1. The van der Waals surface area contributed by atoms with E-state index in [9.17, 15) is 5.11 Å². The minimum Gasteiger partial charge on any atom is -0.390 e. The van der Waals surface area contributed by atoms with Gasteiger partial charge in [0.1, 0.15) is 0 Å². The van der Waals surface area contributed by atoms with Crippen LogP contribution in [0.5, 0.6) is 0 Å². The molecule has 5 nitrogen and oxygen atoms in total. The maximum absolute atomic E-state index is 10.4. The van der Waals surface area contributed by atoms with E-state index in [4.69, 9.17) is 0 Å². The molecule has 2 aromatic heterocycles. The van der Waals surface area contributed by atoms with Crippen LogP contribution in [0.1, 0.15) is 19.8 Å². The highest BCUT2D eigenvalue weighted by molar-refractivity contribution is 5.58. The Bertz CT molecular complexity index is 575. The lowest BCUT2D eigenvalue weighted by Gasteiger charge is -2.31. The molecule has 1 atom stereocenters. The monoisotopic (exact) mass is 300 g/mol. The second kappa shape index (κ2) is 7.03. The second-order valence-corrected chi connectivity index (χ2v) is 6.27. The summed E-state index contributed by atoms with van der Waals surface area (Å²) in [5.74, 6) is 0.817. The van der Waals surface area contributed by atoms with Gasteiger partial charge in [-0.15, -0.1) is 0 Å². The highest BCUT2D eigenvalue weighted by Crippen LogP contribution is 2.19. The van der Waals surface area contributed by atoms with Crippen molar-refractivity contribution in [3.63, 3.8) is 0 Å². The van der Waals surface area contributed by atoms with E-state index in [2.05, 4.69) is 21.9 Å². The summed E-state index contributed by atoms with van der Waals surface area (Å²) in [6.45, 7) is 5.74. The number of β-amino-alcohol motifs (C(OH)–C–C–N with tert-alkyl or cyclic N) is 1. The van der Waals surface area contributed by atoms with Gasteiger partial charge in [0.05, 0.1) is 18.3 Å². The Morgan fingerprint density at radius 1 is 1.14 bits per heavy atom. The van der Waals surface area contributed by atoms with Gasteiger partial charge in [0.2, 0.25) is 0 Å². The van der Waals surface area contributed by atoms with Crippen LogP contribution in [0.25, 0.3) is 11.3 Å². The van der Waals surface area contributed by atoms with Gasteiger partial charge < -0.3 is 10.0 Å². The minimum atomic E-state index is -0.395. The third-order valence-corrected chi connectivity index (χ3v) is 4.42. The molecular weight excluding hydrogens is 276 g/mol. The highest BCUT2D eigenvalue weighted by atomic mass is 16.3. The fourth-order valence-corrected chi connectivity index (χ4v) is 3.05. The standard InChI is InChI=1S/C17H24N4O/c1-14-5-10-20(11-6-14)12-16(22)13-21-17(4-9-19-21)15-2-7-18-8-3-15/h2-4,7-9,14,16,22H,5-6,10-13H2,1H3. The van der Waals surface area contributed by atoms with Gasteiger partial charge in [0, 0.05) is 30.7 Å². The van der Waals surface area contributed by atoms with Crippen LogP contribution in [0.15, 0.2) is 36.8 Å². The molecule has 2 aromatic rings. The van der Waals surface area contributed by atoms with Gasteiger partial charge in [-0.05, 0) is 50.0 Å². The van der Waals surface area contributed by atoms with Crippen LogP contribution in [0.4, 0.5) is 0 Å². The molecule has 5 heteroatoms. The molecule has 1 aliphatic heterocycles. The van der Waals surface area contributed by atoms with Crippen LogP contribution >= 0.6 is 0 Å². The third-order valence-electron chi connectivity index (χ3n) is 4.42. The quantitative estimate of drug-likeness (QED) is 0.918. The summed E-state index contributed by atoms with van der Waals surface area (Å²) in [6.07, 6.45) is 7.41. The molecular formula is C17H24N4O. The van der Waals surface area contributed by atoms with Gasteiger partial charge in [-0.2, -0.15) is 5.10 Å². The number of nitrogens with zero attached hydrogens (tertiary/aromatic N) is 4. The summed E-state index contributed by atoms with van der Waals surface area (Å²) in [6, 6.07) is 5.91. The zero-order valence-corrected chi connectivity index (χ0v) is 13.1. The molecule has 1 fully saturated rings. The smallest absolute Gasteiger partial charge is 0.0862 e. The predicted octanol–water partition coefficient (Wildman–Crippen LogP) is 2.04. The number of aliphatic hydroxyl groups is 1. The minimum absolute atomic E-state index is 0.395. The van der Waals surface area contributed by atoms with E-state index >= 15 is 0 Å². The van der Waals surface area contributed by atoms with Crippen LogP contribution in [-0.4, -0.2) is 50.5 Å². The van der Waals surface area contributed by atoms with Crippen LogP contribution in [0.2, 0.25) is 0 Å². The Morgan fingerprint density at radius 3 is 2.59 bits per heavy atom. The van der Waals surface area contributed by atoms with Gasteiger partial charge in [0.25, 0.3) is 0 Å². The van der Waals surface area contributed by atoms with Crippen LogP contribution in [0.3, 0.4) is 0 Å². The predicted molar refractivity (Wildman–Crippen MR) is 86.3 cm³/mol. The first-order valence-electron chi connectivity index (χ1n) is 8.05. The van der Waals surface area contributed by atoms with Gasteiger partial charge in [-0.3, -0.25) is 9.67 Å². The zero-order valence-electron chi connectivity index (χ0n) is 13.1. The van der Waals surface area contributed by atoms with E-state index in [1.54, 1.807) is 18.6 Å². The molecule has 0 saturated carbocycles. The molecule has 1 saturated heterocycles. The van der Waals surface area contributed by atoms with E-state index in [0.717, 1.165) is 36.8 Å². The average molecular weight is 300 g/mol. The summed E-state index contributed by atoms with van der Waals surface area (Å²) in [5, 5.41) is 14.8. The van der Waals surface area contributed by atoms with E-state index < -0.39 is 6.10 Å². The molecule has 0 spiro atoms. The topological polar surface area (TPSA) is 54.2 Å². The first kappa shape index (κ1) is 15.2. The number of piperidine rings is 1. The van der Waals surface area contributed by atoms with Crippen molar-refractivity contribution < 1.29 is 5.11 Å². The van der Waals surface area contributed by atoms with Gasteiger partial charge in [0.15, 0.2) is 0 Å². The maximum atomic E-state index is 10.4. The molecule has 1 unspecified atom stereocenters. The summed E-state index contributed by atoms with van der Waals surface area (Å²) >= 11 is 0. The molecule has 1 N–H and O–H groups in total. The average Bonchev–Trinajstić information content (AvgIpc) is 2.98. The molecule has 0 bridgehead atoms. The van der Waals surface area contributed by atoms with Gasteiger partial charge >= 0.3 is 0 Å². The van der Waals surface area contributed by atoms with Crippen molar-refractivity contribution in [2.24, 2.45) is 5.92 Å². The number of hydrogen-bond acceptors (Lipinski definition) is 4. The van der Waals surface area contributed by atoms with E-state index in [1.807, 2.05) is 22.9 Å². The maximum Gasteiger partial charge on any atom is 0.0862 e. The van der Waals surface area contributed by atoms with Crippen molar-refractivity contribution in [1.82, 2.24) is 19.7 Å². The van der Waals surface area contributed by atoms with E-state index in [-0.39, 0.29) is 0 Å². The van der Waals surface area contributed by atoms with Gasteiger partial charge in [-0.1, -0.05) is 6.92 Å². The Labute approximate surface area is 131 Å². The first-order valence-corrected chi connectivity index (χ1v) is 8.05. The lowest BCUT2D eigenvalue weighted by atomic mass is 9.99. The van der Waals surface area contributed by atoms with Crippen LogP contribution < -0.4 is 0 Å². The molecule has 118 valence electrons. The Balaban J connectivity index is 1.60. The van der Waals surface area contributed by atoms with Crippen LogP contribution in [0, 0.1) is 5.92 Å².